The van der Waals surface area contributed by atoms with Gasteiger partial charge in [-0.15, -0.1) is 0 Å². The molecule has 1 aromatic carbocycles. The number of H-pyrrole nitrogens is 1. The maximum atomic E-state index is 12.7. The van der Waals surface area contributed by atoms with E-state index in [1.165, 1.54) is 5.56 Å². The number of nitrogens with zero attached hydrogens (tertiary/aromatic N) is 3. The summed E-state index contributed by atoms with van der Waals surface area (Å²) < 4.78 is 0. The first-order valence-corrected chi connectivity index (χ1v) is 8.50. The minimum absolute atomic E-state index is 0.141. The lowest BCUT2D eigenvalue weighted by Crippen LogP contribution is -2.33. The second-order valence-electron chi connectivity index (χ2n) is 5.98. The third-order valence-electron chi connectivity index (χ3n) is 4.13. The van der Waals surface area contributed by atoms with Crippen molar-refractivity contribution in [2.24, 2.45) is 0 Å². The first kappa shape index (κ1) is 16.9. The van der Waals surface area contributed by atoms with Gasteiger partial charge >= 0.3 is 0 Å². The van der Waals surface area contributed by atoms with Gasteiger partial charge in [0.2, 0.25) is 5.91 Å². The lowest BCUT2D eigenvalue weighted by atomic mass is 10.1. The maximum absolute atomic E-state index is 12.7. The summed E-state index contributed by atoms with van der Waals surface area (Å²) in [6.07, 6.45) is 7.37. The highest BCUT2D eigenvalue weighted by atomic mass is 16.2. The van der Waals surface area contributed by atoms with Crippen LogP contribution in [0.5, 0.6) is 0 Å². The summed E-state index contributed by atoms with van der Waals surface area (Å²) in [5.74, 6) is 0.141. The molecule has 3 rings (SSSR count). The van der Waals surface area contributed by atoms with E-state index in [4.69, 9.17) is 0 Å². The topological polar surface area (TPSA) is 61.9 Å². The average Bonchev–Trinajstić information content (AvgIpc) is 3.18. The molecule has 1 N–H and O–H groups in total. The molecule has 0 aliphatic heterocycles. The van der Waals surface area contributed by atoms with Crippen molar-refractivity contribution < 1.29 is 4.79 Å². The first-order valence-electron chi connectivity index (χ1n) is 8.50. The lowest BCUT2D eigenvalue weighted by Gasteiger charge is -2.22. The number of pyridine rings is 1. The molecule has 25 heavy (non-hydrogen) atoms. The van der Waals surface area contributed by atoms with Gasteiger partial charge in [0.25, 0.3) is 0 Å². The van der Waals surface area contributed by atoms with E-state index >= 15 is 0 Å². The number of carbonyl (C=O) groups is 1. The Balaban J connectivity index is 1.63. The third-order valence-corrected chi connectivity index (χ3v) is 4.13. The largest absolute Gasteiger partial charge is 0.336 e. The zero-order chi connectivity index (χ0) is 17.3. The van der Waals surface area contributed by atoms with E-state index in [1.54, 1.807) is 12.4 Å². The Labute approximate surface area is 147 Å². The molecule has 0 spiro atoms. The van der Waals surface area contributed by atoms with Crippen LogP contribution in [0.1, 0.15) is 23.2 Å². The first-order chi connectivity index (χ1) is 12.3. The number of amides is 1. The normalized spacial score (nSPS) is 10.6. The molecule has 0 saturated carbocycles. The van der Waals surface area contributed by atoms with Crippen molar-refractivity contribution in [2.45, 2.75) is 25.8 Å². The Morgan fingerprint density at radius 1 is 1.00 bits per heavy atom. The second kappa shape index (κ2) is 8.78. The van der Waals surface area contributed by atoms with E-state index < -0.39 is 0 Å². The molecule has 2 aromatic heterocycles. The molecular weight excluding hydrogens is 312 g/mol. The van der Waals surface area contributed by atoms with E-state index in [9.17, 15) is 4.79 Å². The molecule has 2 heterocycles. The van der Waals surface area contributed by atoms with Gasteiger partial charge in [-0.05, 0) is 36.1 Å². The zero-order valence-electron chi connectivity index (χ0n) is 14.1. The van der Waals surface area contributed by atoms with Crippen LogP contribution in [-0.2, 0) is 24.2 Å². The number of aromatic nitrogens is 3. The van der Waals surface area contributed by atoms with Crippen molar-refractivity contribution >= 4 is 5.91 Å². The fourth-order valence-corrected chi connectivity index (χ4v) is 2.71. The van der Waals surface area contributed by atoms with Crippen LogP contribution in [0.3, 0.4) is 0 Å². The molecule has 0 atom stereocenters. The predicted octanol–water partition coefficient (Wildman–Crippen LogP) is 3.01. The lowest BCUT2D eigenvalue weighted by molar-refractivity contribution is -0.131. The summed E-state index contributed by atoms with van der Waals surface area (Å²) in [6, 6.07) is 16.0. The van der Waals surface area contributed by atoms with Gasteiger partial charge in [-0.25, -0.2) is 0 Å². The van der Waals surface area contributed by atoms with Gasteiger partial charge in [0, 0.05) is 25.4 Å². The van der Waals surface area contributed by atoms with Crippen LogP contribution >= 0.6 is 0 Å². The molecule has 1 amide bonds. The molecule has 5 heteroatoms. The van der Waals surface area contributed by atoms with Crippen LogP contribution in [0.25, 0.3) is 0 Å². The second-order valence-corrected chi connectivity index (χ2v) is 5.98. The summed E-state index contributed by atoms with van der Waals surface area (Å²) in [7, 11) is 0. The van der Waals surface area contributed by atoms with E-state index in [-0.39, 0.29) is 5.91 Å². The molecule has 3 aromatic rings. The smallest absolute Gasteiger partial charge is 0.223 e. The highest BCUT2D eigenvalue weighted by Gasteiger charge is 2.15. The van der Waals surface area contributed by atoms with Crippen LogP contribution in [0, 0.1) is 0 Å². The van der Waals surface area contributed by atoms with Crippen molar-refractivity contribution in [1.82, 2.24) is 20.1 Å². The van der Waals surface area contributed by atoms with Crippen LogP contribution in [-0.4, -0.2) is 32.5 Å². The third kappa shape index (κ3) is 5.28. The van der Waals surface area contributed by atoms with Crippen LogP contribution < -0.4 is 0 Å². The number of aromatic amines is 1. The van der Waals surface area contributed by atoms with Crippen molar-refractivity contribution in [2.75, 3.05) is 6.54 Å². The molecule has 0 radical (unpaired) electrons. The molecule has 0 saturated heterocycles. The number of hydrogen-bond acceptors (Lipinski definition) is 3. The van der Waals surface area contributed by atoms with Gasteiger partial charge < -0.3 is 4.90 Å². The number of nitrogens with one attached hydrogen (secondary N) is 1. The van der Waals surface area contributed by atoms with Gasteiger partial charge in [0.1, 0.15) is 0 Å². The summed E-state index contributed by atoms with van der Waals surface area (Å²) in [6.45, 7) is 1.22. The van der Waals surface area contributed by atoms with Crippen LogP contribution in [0.2, 0.25) is 0 Å². The van der Waals surface area contributed by atoms with Crippen molar-refractivity contribution in [3.05, 3.63) is 83.9 Å². The molecule has 0 bridgehead atoms. The summed E-state index contributed by atoms with van der Waals surface area (Å²) in [4.78, 5) is 19.0. The van der Waals surface area contributed by atoms with Crippen LogP contribution in [0.4, 0.5) is 0 Å². The van der Waals surface area contributed by atoms with Gasteiger partial charge in [-0.2, -0.15) is 5.10 Å². The SMILES string of the molecule is O=C(CCc1cn[nH]c1)N(CCc1ccccc1)Cc1ccccn1. The summed E-state index contributed by atoms with van der Waals surface area (Å²) >= 11 is 0. The monoisotopic (exact) mass is 334 g/mol. The van der Waals surface area contributed by atoms with Gasteiger partial charge in [-0.1, -0.05) is 36.4 Å². The Kier molecular flexibility index (Phi) is 5.93. The number of carbonyl (C=O) groups excluding carboxylic acids is 1. The van der Waals surface area contributed by atoms with Gasteiger partial charge in [-0.3, -0.25) is 14.9 Å². The highest BCUT2D eigenvalue weighted by molar-refractivity contribution is 5.76. The van der Waals surface area contributed by atoms with Crippen molar-refractivity contribution in [1.29, 1.82) is 0 Å². The molecule has 0 aliphatic rings. The fourth-order valence-electron chi connectivity index (χ4n) is 2.71. The minimum atomic E-state index is 0.141. The highest BCUT2D eigenvalue weighted by Crippen LogP contribution is 2.09. The number of hydrogen-bond donors (Lipinski definition) is 1. The molecule has 0 aliphatic carbocycles. The Hall–Kier alpha value is -2.95. The Bertz CT molecular complexity index is 757. The Morgan fingerprint density at radius 2 is 1.84 bits per heavy atom. The van der Waals surface area contributed by atoms with E-state index in [2.05, 4.69) is 27.3 Å². The molecule has 0 unspecified atom stereocenters. The van der Waals surface area contributed by atoms with Crippen LogP contribution in [0.15, 0.2) is 67.1 Å². The molecular formula is C20H22N4O. The molecule has 0 fully saturated rings. The summed E-state index contributed by atoms with van der Waals surface area (Å²) in [5, 5.41) is 6.71. The molecule has 5 nitrogen and oxygen atoms in total. The number of benzene rings is 1. The van der Waals surface area contributed by atoms with Gasteiger partial charge in [0.05, 0.1) is 18.4 Å². The maximum Gasteiger partial charge on any atom is 0.223 e. The number of rotatable bonds is 8. The van der Waals surface area contributed by atoms with Gasteiger partial charge in [0.15, 0.2) is 0 Å². The van der Waals surface area contributed by atoms with E-state index in [0.29, 0.717) is 25.9 Å². The number of aryl methyl sites for hydroxylation is 1. The summed E-state index contributed by atoms with van der Waals surface area (Å²) in [5.41, 5.74) is 3.19. The minimum Gasteiger partial charge on any atom is -0.336 e. The van der Waals surface area contributed by atoms with E-state index in [0.717, 1.165) is 17.7 Å². The zero-order valence-corrected chi connectivity index (χ0v) is 14.1. The fraction of sp³-hybridized carbons (Fsp3) is 0.250. The Morgan fingerprint density at radius 3 is 2.56 bits per heavy atom. The predicted molar refractivity (Wildman–Crippen MR) is 96.7 cm³/mol. The average molecular weight is 334 g/mol. The van der Waals surface area contributed by atoms with Crippen molar-refractivity contribution in [3.8, 4) is 0 Å². The van der Waals surface area contributed by atoms with E-state index in [1.807, 2.05) is 47.5 Å². The molecule has 128 valence electrons. The van der Waals surface area contributed by atoms with Crippen molar-refractivity contribution in [3.63, 3.8) is 0 Å². The quantitative estimate of drug-likeness (QED) is 0.689. The standard InChI is InChI=1S/C20H22N4O/c25-20(10-9-18-14-22-23-15-18)24(16-19-8-4-5-12-21-19)13-11-17-6-2-1-3-7-17/h1-8,12,14-15H,9-11,13,16H2,(H,22,23).